The predicted molar refractivity (Wildman–Crippen MR) is 65.3 cm³/mol. The molecule has 0 bridgehead atoms. The van der Waals surface area contributed by atoms with Gasteiger partial charge in [-0.15, -0.1) is 0 Å². The van der Waals surface area contributed by atoms with Crippen LogP contribution in [0, 0.1) is 5.82 Å². The van der Waals surface area contributed by atoms with Crippen molar-refractivity contribution in [3.05, 3.63) is 54.2 Å². The van der Waals surface area contributed by atoms with E-state index in [4.69, 9.17) is 5.11 Å². The minimum Gasteiger partial charge on any atom is -0.478 e. The van der Waals surface area contributed by atoms with E-state index in [1.165, 1.54) is 24.3 Å². The third-order valence-corrected chi connectivity index (χ3v) is 2.70. The second-order valence-corrected chi connectivity index (χ2v) is 3.97. The van der Waals surface area contributed by atoms with Gasteiger partial charge in [-0.05, 0) is 24.3 Å². The summed E-state index contributed by atoms with van der Waals surface area (Å²) in [5.41, 5.74) is 1.75. The molecule has 0 saturated heterocycles. The molecule has 19 heavy (non-hydrogen) atoms. The van der Waals surface area contributed by atoms with Gasteiger partial charge in [0.15, 0.2) is 0 Å². The molecule has 0 saturated carbocycles. The number of aromatic carboxylic acids is 1. The first-order valence-electron chi connectivity index (χ1n) is 5.47. The monoisotopic (exact) mass is 257 g/mol. The van der Waals surface area contributed by atoms with Crippen LogP contribution in [0.3, 0.4) is 0 Å². The van der Waals surface area contributed by atoms with Crippen molar-refractivity contribution in [2.24, 2.45) is 0 Å². The number of aromatic nitrogens is 3. The van der Waals surface area contributed by atoms with Gasteiger partial charge in [-0.3, -0.25) is 4.98 Å². The van der Waals surface area contributed by atoms with E-state index in [2.05, 4.69) is 9.97 Å². The van der Waals surface area contributed by atoms with E-state index in [1.807, 2.05) is 0 Å². The van der Waals surface area contributed by atoms with Gasteiger partial charge in [0.25, 0.3) is 0 Å². The van der Waals surface area contributed by atoms with Gasteiger partial charge in [-0.2, -0.15) is 0 Å². The maximum atomic E-state index is 12.8. The number of imidazole rings is 1. The molecule has 6 heteroatoms. The van der Waals surface area contributed by atoms with E-state index in [0.29, 0.717) is 17.0 Å². The van der Waals surface area contributed by atoms with Crippen molar-refractivity contribution in [2.45, 2.75) is 0 Å². The van der Waals surface area contributed by atoms with Crippen LogP contribution in [0.15, 0.2) is 42.9 Å². The lowest BCUT2D eigenvalue weighted by Crippen LogP contribution is -1.96. The highest BCUT2D eigenvalue weighted by molar-refractivity contribution is 5.88. The van der Waals surface area contributed by atoms with Crippen LogP contribution < -0.4 is 0 Å². The Morgan fingerprint density at radius 2 is 2.11 bits per heavy atom. The van der Waals surface area contributed by atoms with Gasteiger partial charge in [-0.25, -0.2) is 14.2 Å². The summed E-state index contributed by atoms with van der Waals surface area (Å²) in [5.74, 6) is -1.42. The number of hydrogen-bond acceptors (Lipinski definition) is 3. The highest BCUT2D eigenvalue weighted by Crippen LogP contribution is 2.17. The summed E-state index contributed by atoms with van der Waals surface area (Å²) in [6.07, 6.45) is 4.43. The Morgan fingerprint density at radius 3 is 2.79 bits per heavy atom. The number of carbonyl (C=O) groups is 1. The Hall–Kier alpha value is -2.76. The van der Waals surface area contributed by atoms with E-state index in [0.717, 1.165) is 6.20 Å². The van der Waals surface area contributed by atoms with Gasteiger partial charge in [0.05, 0.1) is 17.5 Å². The Labute approximate surface area is 107 Å². The summed E-state index contributed by atoms with van der Waals surface area (Å²) in [4.78, 5) is 19.1. The third-order valence-electron chi connectivity index (χ3n) is 2.70. The highest BCUT2D eigenvalue weighted by Gasteiger charge is 2.08. The number of rotatable bonds is 2. The Bertz CT molecular complexity index is 765. The molecule has 0 aliphatic heterocycles. The molecule has 5 nitrogen and oxygen atoms in total. The summed E-state index contributed by atoms with van der Waals surface area (Å²) in [5, 5.41) is 8.91. The first kappa shape index (κ1) is 11.3. The zero-order chi connectivity index (χ0) is 13.4. The van der Waals surface area contributed by atoms with Crippen LogP contribution in [0.2, 0.25) is 0 Å². The van der Waals surface area contributed by atoms with Crippen molar-refractivity contribution < 1.29 is 14.3 Å². The molecule has 0 amide bonds. The summed E-state index contributed by atoms with van der Waals surface area (Å²) in [6.45, 7) is 0. The molecule has 3 aromatic rings. The topological polar surface area (TPSA) is 67.5 Å². The smallest absolute Gasteiger partial charge is 0.335 e. The van der Waals surface area contributed by atoms with Gasteiger partial charge in [0, 0.05) is 12.4 Å². The van der Waals surface area contributed by atoms with E-state index in [-0.39, 0.29) is 5.56 Å². The average Bonchev–Trinajstić information content (AvgIpc) is 2.82. The van der Waals surface area contributed by atoms with Crippen LogP contribution in [0.5, 0.6) is 0 Å². The Morgan fingerprint density at radius 1 is 1.26 bits per heavy atom. The molecule has 1 N–H and O–H groups in total. The maximum Gasteiger partial charge on any atom is 0.335 e. The van der Waals surface area contributed by atoms with Crippen molar-refractivity contribution >= 4 is 11.6 Å². The molecule has 0 aliphatic carbocycles. The number of carboxylic acid groups (broad SMARTS) is 1. The summed E-state index contributed by atoms with van der Waals surface area (Å²) in [7, 11) is 0. The molecule has 94 valence electrons. The fraction of sp³-hybridized carbons (Fsp3) is 0. The quantitative estimate of drug-likeness (QED) is 0.764. The van der Waals surface area contributed by atoms with Gasteiger partial charge < -0.3 is 9.51 Å². The van der Waals surface area contributed by atoms with Crippen LogP contribution in [-0.2, 0) is 0 Å². The second kappa shape index (κ2) is 4.16. The Balaban J connectivity index is 2.11. The number of pyridine rings is 2. The lowest BCUT2D eigenvalue weighted by Gasteiger charge is -1.94. The van der Waals surface area contributed by atoms with Gasteiger partial charge in [-0.1, -0.05) is 0 Å². The second-order valence-electron chi connectivity index (χ2n) is 3.97. The van der Waals surface area contributed by atoms with Crippen LogP contribution in [0.1, 0.15) is 10.4 Å². The van der Waals surface area contributed by atoms with E-state index in [9.17, 15) is 9.18 Å². The molecule has 3 rings (SSSR count). The van der Waals surface area contributed by atoms with Crippen molar-refractivity contribution in [3.8, 4) is 11.4 Å². The molecule has 0 radical (unpaired) electrons. The van der Waals surface area contributed by atoms with Gasteiger partial charge in [0.2, 0.25) is 0 Å². The van der Waals surface area contributed by atoms with E-state index in [1.54, 1.807) is 16.8 Å². The first-order valence-corrected chi connectivity index (χ1v) is 5.47. The summed E-state index contributed by atoms with van der Waals surface area (Å²) < 4.78 is 14.5. The molecule has 0 aliphatic rings. The lowest BCUT2D eigenvalue weighted by molar-refractivity contribution is 0.0697. The van der Waals surface area contributed by atoms with Gasteiger partial charge in [0.1, 0.15) is 17.2 Å². The number of halogens is 1. The average molecular weight is 257 g/mol. The number of hydrogen-bond donors (Lipinski definition) is 1. The number of carboxylic acids is 1. The molecular weight excluding hydrogens is 249 g/mol. The molecule has 3 aromatic heterocycles. The largest absolute Gasteiger partial charge is 0.478 e. The molecular formula is C13H8FN3O2. The van der Waals surface area contributed by atoms with Crippen molar-refractivity contribution in [1.29, 1.82) is 0 Å². The maximum absolute atomic E-state index is 12.8. The SMILES string of the molecule is O=C(O)c1ccn2cc(-c3ccc(F)cn3)nc2c1. The lowest BCUT2D eigenvalue weighted by atomic mass is 10.3. The zero-order valence-corrected chi connectivity index (χ0v) is 9.62. The molecule has 0 unspecified atom stereocenters. The third kappa shape index (κ3) is 2.03. The van der Waals surface area contributed by atoms with Crippen LogP contribution >= 0.6 is 0 Å². The molecule has 0 aromatic carbocycles. The highest BCUT2D eigenvalue weighted by atomic mass is 19.1. The standard InChI is InChI=1S/C13H8FN3O2/c14-9-1-2-10(15-6-9)11-7-17-4-3-8(13(18)19)5-12(17)16-11/h1-7H,(H,18,19). The predicted octanol–water partition coefficient (Wildman–Crippen LogP) is 2.23. The van der Waals surface area contributed by atoms with Crippen molar-refractivity contribution in [1.82, 2.24) is 14.4 Å². The molecule has 0 fully saturated rings. The van der Waals surface area contributed by atoms with Crippen LogP contribution in [-0.4, -0.2) is 25.4 Å². The van der Waals surface area contributed by atoms with Crippen molar-refractivity contribution in [3.63, 3.8) is 0 Å². The molecule has 3 heterocycles. The normalized spacial score (nSPS) is 10.8. The summed E-state index contributed by atoms with van der Waals surface area (Å²) in [6, 6.07) is 5.78. The van der Waals surface area contributed by atoms with Crippen molar-refractivity contribution in [2.75, 3.05) is 0 Å². The molecule has 0 atom stereocenters. The van der Waals surface area contributed by atoms with Crippen LogP contribution in [0.4, 0.5) is 4.39 Å². The minimum absolute atomic E-state index is 0.164. The first-order chi connectivity index (χ1) is 9.13. The zero-order valence-electron chi connectivity index (χ0n) is 9.62. The Kier molecular flexibility index (Phi) is 2.49. The summed E-state index contributed by atoms with van der Waals surface area (Å²) >= 11 is 0. The number of fused-ring (bicyclic) bond motifs is 1. The van der Waals surface area contributed by atoms with E-state index >= 15 is 0 Å². The molecule has 0 spiro atoms. The minimum atomic E-state index is -1.01. The van der Waals surface area contributed by atoms with E-state index < -0.39 is 11.8 Å². The fourth-order valence-corrected chi connectivity index (χ4v) is 1.77. The number of nitrogens with zero attached hydrogens (tertiary/aromatic N) is 3. The van der Waals surface area contributed by atoms with Gasteiger partial charge >= 0.3 is 5.97 Å². The fourth-order valence-electron chi connectivity index (χ4n) is 1.77. The van der Waals surface area contributed by atoms with Crippen LogP contribution in [0.25, 0.3) is 17.0 Å².